The Morgan fingerprint density at radius 1 is 1.43 bits per heavy atom. The standard InChI is InChI=1S/C16H31N3O2/c1-4-19(12-14(2)3)16(20)13-18-9-6-15(7-10-18)21-11-5-8-17/h15H,2,4-13,17H2,1,3H3. The molecule has 1 fully saturated rings. The Balaban J connectivity index is 2.27. The summed E-state index contributed by atoms with van der Waals surface area (Å²) in [6.45, 7) is 13.1. The largest absolute Gasteiger partial charge is 0.378 e. The summed E-state index contributed by atoms with van der Waals surface area (Å²) in [7, 11) is 0. The molecule has 1 saturated heterocycles. The van der Waals surface area contributed by atoms with Gasteiger partial charge in [0.1, 0.15) is 0 Å². The number of hydrogen-bond acceptors (Lipinski definition) is 4. The molecular weight excluding hydrogens is 266 g/mol. The second kappa shape index (κ2) is 9.92. The summed E-state index contributed by atoms with van der Waals surface area (Å²) in [5.74, 6) is 0.197. The van der Waals surface area contributed by atoms with E-state index < -0.39 is 0 Å². The van der Waals surface area contributed by atoms with Crippen molar-refractivity contribution in [2.75, 3.05) is 45.9 Å². The molecule has 1 aliphatic heterocycles. The zero-order valence-corrected chi connectivity index (χ0v) is 13.6. The molecule has 0 aliphatic carbocycles. The van der Waals surface area contributed by atoms with Crippen molar-refractivity contribution in [2.24, 2.45) is 5.73 Å². The molecular formula is C16H31N3O2. The molecule has 0 bridgehead atoms. The van der Waals surface area contributed by atoms with E-state index >= 15 is 0 Å². The Morgan fingerprint density at radius 3 is 2.62 bits per heavy atom. The summed E-state index contributed by atoms with van der Waals surface area (Å²) in [5.41, 5.74) is 6.49. The summed E-state index contributed by atoms with van der Waals surface area (Å²) in [6.07, 6.45) is 3.26. The second-order valence-electron chi connectivity index (χ2n) is 5.85. The zero-order chi connectivity index (χ0) is 15.7. The Bertz CT molecular complexity index is 325. The molecule has 1 amide bonds. The number of nitrogens with zero attached hydrogens (tertiary/aromatic N) is 2. The fraction of sp³-hybridized carbons (Fsp3) is 0.812. The van der Waals surface area contributed by atoms with Crippen molar-refractivity contribution >= 4 is 5.91 Å². The van der Waals surface area contributed by atoms with Gasteiger partial charge in [0.25, 0.3) is 0 Å². The number of carbonyl (C=O) groups excluding carboxylic acids is 1. The lowest BCUT2D eigenvalue weighted by molar-refractivity contribution is -0.132. The van der Waals surface area contributed by atoms with Gasteiger partial charge < -0.3 is 15.4 Å². The lowest BCUT2D eigenvalue weighted by Crippen LogP contribution is -2.45. The van der Waals surface area contributed by atoms with Gasteiger partial charge in [-0.15, -0.1) is 0 Å². The lowest BCUT2D eigenvalue weighted by atomic mass is 10.1. The van der Waals surface area contributed by atoms with Gasteiger partial charge in [0, 0.05) is 32.8 Å². The molecule has 1 aliphatic rings. The van der Waals surface area contributed by atoms with E-state index in [1.54, 1.807) is 0 Å². The van der Waals surface area contributed by atoms with Gasteiger partial charge >= 0.3 is 0 Å². The number of piperidine rings is 1. The van der Waals surface area contributed by atoms with E-state index in [0.29, 0.717) is 25.7 Å². The van der Waals surface area contributed by atoms with Crippen LogP contribution in [0.5, 0.6) is 0 Å². The van der Waals surface area contributed by atoms with Crippen LogP contribution in [0.2, 0.25) is 0 Å². The number of nitrogens with two attached hydrogens (primary N) is 1. The van der Waals surface area contributed by atoms with Crippen LogP contribution in [-0.2, 0) is 9.53 Å². The molecule has 0 saturated carbocycles. The van der Waals surface area contributed by atoms with E-state index in [0.717, 1.165) is 51.1 Å². The van der Waals surface area contributed by atoms with Crippen LogP contribution in [0, 0.1) is 0 Å². The molecule has 1 heterocycles. The van der Waals surface area contributed by atoms with Crippen molar-refractivity contribution < 1.29 is 9.53 Å². The van der Waals surface area contributed by atoms with Crippen LogP contribution in [0.1, 0.15) is 33.1 Å². The first kappa shape index (κ1) is 18.1. The number of amides is 1. The Kier molecular flexibility index (Phi) is 8.57. The highest BCUT2D eigenvalue weighted by atomic mass is 16.5. The van der Waals surface area contributed by atoms with E-state index in [9.17, 15) is 4.79 Å². The highest BCUT2D eigenvalue weighted by molar-refractivity contribution is 5.78. The van der Waals surface area contributed by atoms with E-state index in [4.69, 9.17) is 10.5 Å². The minimum Gasteiger partial charge on any atom is -0.378 e. The first-order valence-electron chi connectivity index (χ1n) is 8.03. The van der Waals surface area contributed by atoms with E-state index in [2.05, 4.69) is 11.5 Å². The van der Waals surface area contributed by atoms with Crippen LogP contribution in [-0.4, -0.2) is 67.7 Å². The average molecular weight is 297 g/mol. The molecule has 0 unspecified atom stereocenters. The molecule has 21 heavy (non-hydrogen) atoms. The van der Waals surface area contributed by atoms with Crippen molar-refractivity contribution in [1.82, 2.24) is 9.80 Å². The number of ether oxygens (including phenoxy) is 1. The monoisotopic (exact) mass is 297 g/mol. The van der Waals surface area contributed by atoms with Gasteiger partial charge in [0.2, 0.25) is 5.91 Å². The molecule has 0 aromatic rings. The van der Waals surface area contributed by atoms with Crippen LogP contribution in [0.15, 0.2) is 12.2 Å². The molecule has 0 aromatic heterocycles. The predicted octanol–water partition coefficient (Wildman–Crippen LogP) is 1.24. The first-order valence-corrected chi connectivity index (χ1v) is 8.03. The van der Waals surface area contributed by atoms with Gasteiger partial charge in [0.15, 0.2) is 0 Å². The number of hydrogen-bond donors (Lipinski definition) is 1. The molecule has 5 nitrogen and oxygen atoms in total. The molecule has 0 radical (unpaired) electrons. The normalized spacial score (nSPS) is 16.9. The summed E-state index contributed by atoms with van der Waals surface area (Å²) < 4.78 is 5.78. The second-order valence-corrected chi connectivity index (χ2v) is 5.85. The maximum atomic E-state index is 12.3. The zero-order valence-electron chi connectivity index (χ0n) is 13.6. The third kappa shape index (κ3) is 7.07. The van der Waals surface area contributed by atoms with Crippen molar-refractivity contribution in [2.45, 2.75) is 39.2 Å². The van der Waals surface area contributed by atoms with Crippen molar-refractivity contribution in [3.8, 4) is 0 Å². The Labute approximate surface area is 129 Å². The topological polar surface area (TPSA) is 58.8 Å². The van der Waals surface area contributed by atoms with Crippen molar-refractivity contribution in [1.29, 1.82) is 0 Å². The minimum atomic E-state index is 0.197. The number of carbonyl (C=O) groups is 1. The highest BCUT2D eigenvalue weighted by Gasteiger charge is 2.22. The molecule has 0 aromatic carbocycles. The highest BCUT2D eigenvalue weighted by Crippen LogP contribution is 2.14. The summed E-state index contributed by atoms with van der Waals surface area (Å²) in [4.78, 5) is 16.4. The lowest BCUT2D eigenvalue weighted by Gasteiger charge is -2.33. The predicted molar refractivity (Wildman–Crippen MR) is 86.2 cm³/mol. The van der Waals surface area contributed by atoms with E-state index in [1.165, 1.54) is 0 Å². The number of likely N-dealkylation sites (N-methyl/N-ethyl adjacent to an activating group) is 1. The van der Waals surface area contributed by atoms with Gasteiger partial charge in [0.05, 0.1) is 12.6 Å². The fourth-order valence-corrected chi connectivity index (χ4v) is 2.56. The van der Waals surface area contributed by atoms with E-state index in [1.807, 2.05) is 18.7 Å². The summed E-state index contributed by atoms with van der Waals surface area (Å²) in [6, 6.07) is 0. The maximum absolute atomic E-state index is 12.3. The van der Waals surface area contributed by atoms with Crippen LogP contribution in [0.4, 0.5) is 0 Å². The molecule has 122 valence electrons. The molecule has 2 N–H and O–H groups in total. The first-order chi connectivity index (χ1) is 10.1. The van der Waals surface area contributed by atoms with Gasteiger partial charge in [-0.05, 0) is 39.7 Å². The number of likely N-dealkylation sites (tertiary alicyclic amines) is 1. The SMILES string of the molecule is C=C(C)CN(CC)C(=O)CN1CCC(OCCCN)CC1. The van der Waals surface area contributed by atoms with Gasteiger partial charge in [-0.25, -0.2) is 0 Å². The molecule has 5 heteroatoms. The van der Waals surface area contributed by atoms with Crippen LogP contribution >= 0.6 is 0 Å². The Morgan fingerprint density at radius 2 is 2.10 bits per heavy atom. The van der Waals surface area contributed by atoms with Crippen LogP contribution in [0.3, 0.4) is 0 Å². The van der Waals surface area contributed by atoms with Crippen LogP contribution in [0.25, 0.3) is 0 Å². The van der Waals surface area contributed by atoms with Crippen molar-refractivity contribution in [3.05, 3.63) is 12.2 Å². The van der Waals surface area contributed by atoms with Crippen LogP contribution < -0.4 is 5.73 Å². The maximum Gasteiger partial charge on any atom is 0.237 e. The quantitative estimate of drug-likeness (QED) is 0.514. The average Bonchev–Trinajstić information content (AvgIpc) is 2.46. The van der Waals surface area contributed by atoms with Crippen molar-refractivity contribution in [3.63, 3.8) is 0 Å². The smallest absolute Gasteiger partial charge is 0.237 e. The Hall–Kier alpha value is -0.910. The third-order valence-corrected chi connectivity index (χ3v) is 3.79. The molecule has 1 rings (SSSR count). The summed E-state index contributed by atoms with van der Waals surface area (Å²) >= 11 is 0. The molecule has 0 atom stereocenters. The summed E-state index contributed by atoms with van der Waals surface area (Å²) in [5, 5.41) is 0. The third-order valence-electron chi connectivity index (χ3n) is 3.79. The van der Waals surface area contributed by atoms with Gasteiger partial charge in [-0.1, -0.05) is 12.2 Å². The van der Waals surface area contributed by atoms with E-state index in [-0.39, 0.29) is 5.91 Å². The van der Waals surface area contributed by atoms with Gasteiger partial charge in [-0.3, -0.25) is 9.69 Å². The molecule has 0 spiro atoms. The van der Waals surface area contributed by atoms with Gasteiger partial charge in [-0.2, -0.15) is 0 Å². The minimum absolute atomic E-state index is 0.197. The fourth-order valence-electron chi connectivity index (χ4n) is 2.56. The number of rotatable bonds is 9.